The molecule has 0 aliphatic carbocycles. The van der Waals surface area contributed by atoms with Crippen molar-refractivity contribution in [1.29, 1.82) is 0 Å². The molecule has 0 saturated carbocycles. The molecular formula is C18H33N5O7S2. The van der Waals surface area contributed by atoms with Gasteiger partial charge in [0.1, 0.15) is 24.2 Å². The standard InChI is InChI=1S/C18H33N5O7S2/c1-31-7-5-11(21-15(26)10(19)9-24)16(27)22-12(6-8-32-2)17(28)23-13(18(29)30)3-4-14(20)25/h10-13,24H,3-9,19H2,1-2H3,(H2,20,25)(H,21,26)(H,22,27)(H,23,28)(H,29,30). The van der Waals surface area contributed by atoms with Crippen LogP contribution in [0.5, 0.6) is 0 Å². The minimum atomic E-state index is -1.35. The number of carboxylic acid groups (broad SMARTS) is 1. The number of aliphatic hydroxyl groups excluding tert-OH is 1. The Labute approximate surface area is 195 Å². The second kappa shape index (κ2) is 16.6. The minimum absolute atomic E-state index is 0.189. The highest BCUT2D eigenvalue weighted by Gasteiger charge is 2.30. The summed E-state index contributed by atoms with van der Waals surface area (Å²) in [6.07, 6.45) is 3.67. The van der Waals surface area contributed by atoms with Crippen molar-refractivity contribution in [2.45, 2.75) is 49.9 Å². The normalized spacial score (nSPS) is 14.5. The molecular weight excluding hydrogens is 462 g/mol. The van der Waals surface area contributed by atoms with Crippen molar-refractivity contribution in [3.05, 3.63) is 0 Å². The number of rotatable bonds is 17. The van der Waals surface area contributed by atoms with E-state index < -0.39 is 60.4 Å². The number of hydrogen-bond acceptors (Lipinski definition) is 9. The molecule has 0 spiro atoms. The van der Waals surface area contributed by atoms with Gasteiger partial charge in [-0.3, -0.25) is 19.2 Å². The van der Waals surface area contributed by atoms with E-state index in [0.29, 0.717) is 11.5 Å². The summed E-state index contributed by atoms with van der Waals surface area (Å²) in [4.78, 5) is 59.9. The summed E-state index contributed by atoms with van der Waals surface area (Å²) in [5.74, 6) is -3.09. The number of aliphatic hydroxyl groups is 1. The summed E-state index contributed by atoms with van der Waals surface area (Å²) in [5.41, 5.74) is 10.5. The van der Waals surface area contributed by atoms with E-state index in [4.69, 9.17) is 16.6 Å². The molecule has 4 amide bonds. The van der Waals surface area contributed by atoms with E-state index in [1.807, 2.05) is 12.5 Å². The fraction of sp³-hybridized carbons (Fsp3) is 0.722. The molecule has 9 N–H and O–H groups in total. The zero-order valence-electron chi connectivity index (χ0n) is 18.2. The van der Waals surface area contributed by atoms with Gasteiger partial charge in [0.25, 0.3) is 0 Å². The van der Waals surface area contributed by atoms with Crippen LogP contribution in [0.1, 0.15) is 25.7 Å². The number of nitrogens with two attached hydrogens (primary N) is 2. The number of aliphatic carboxylic acids is 1. The van der Waals surface area contributed by atoms with E-state index >= 15 is 0 Å². The van der Waals surface area contributed by atoms with Crippen LogP contribution in [0.25, 0.3) is 0 Å². The second-order valence-electron chi connectivity index (χ2n) is 6.88. The van der Waals surface area contributed by atoms with Crippen molar-refractivity contribution in [2.24, 2.45) is 11.5 Å². The number of amides is 4. The summed E-state index contributed by atoms with van der Waals surface area (Å²) in [6, 6.07) is -4.61. The van der Waals surface area contributed by atoms with Crippen LogP contribution in [0.2, 0.25) is 0 Å². The SMILES string of the molecule is CSCCC(NC(=O)C(N)CO)C(=O)NC(CCSC)C(=O)NC(CCC(N)=O)C(=O)O. The van der Waals surface area contributed by atoms with Crippen LogP contribution in [0.4, 0.5) is 0 Å². The van der Waals surface area contributed by atoms with Crippen LogP contribution in [0.3, 0.4) is 0 Å². The van der Waals surface area contributed by atoms with Crippen molar-refractivity contribution in [3.8, 4) is 0 Å². The molecule has 4 unspecified atom stereocenters. The number of primary amides is 1. The van der Waals surface area contributed by atoms with Gasteiger partial charge in [0.15, 0.2) is 0 Å². The van der Waals surface area contributed by atoms with Gasteiger partial charge >= 0.3 is 5.97 Å². The van der Waals surface area contributed by atoms with Gasteiger partial charge in [-0.25, -0.2) is 4.79 Å². The van der Waals surface area contributed by atoms with E-state index in [1.54, 1.807) is 0 Å². The Hall–Kier alpha value is -2.03. The zero-order chi connectivity index (χ0) is 24.7. The highest BCUT2D eigenvalue weighted by Crippen LogP contribution is 2.07. The summed E-state index contributed by atoms with van der Waals surface area (Å²) < 4.78 is 0. The molecule has 0 aromatic carbocycles. The molecule has 0 radical (unpaired) electrons. The number of nitrogens with one attached hydrogen (secondary N) is 3. The lowest BCUT2D eigenvalue weighted by Gasteiger charge is -2.25. The monoisotopic (exact) mass is 495 g/mol. The van der Waals surface area contributed by atoms with Crippen molar-refractivity contribution in [1.82, 2.24) is 16.0 Å². The maximum atomic E-state index is 12.8. The first kappa shape index (κ1) is 30.0. The Morgan fingerprint density at radius 3 is 1.62 bits per heavy atom. The van der Waals surface area contributed by atoms with Gasteiger partial charge in [-0.05, 0) is 43.3 Å². The van der Waals surface area contributed by atoms with Gasteiger partial charge in [0.2, 0.25) is 23.6 Å². The van der Waals surface area contributed by atoms with Crippen molar-refractivity contribution in [3.63, 3.8) is 0 Å². The minimum Gasteiger partial charge on any atom is -0.480 e. The smallest absolute Gasteiger partial charge is 0.326 e. The van der Waals surface area contributed by atoms with Crippen LogP contribution >= 0.6 is 23.5 Å². The number of carbonyl (C=O) groups excluding carboxylic acids is 4. The van der Waals surface area contributed by atoms with Gasteiger partial charge in [-0.2, -0.15) is 23.5 Å². The number of carboxylic acids is 1. The van der Waals surface area contributed by atoms with E-state index in [2.05, 4.69) is 16.0 Å². The molecule has 0 rings (SSSR count). The Morgan fingerprint density at radius 2 is 1.25 bits per heavy atom. The third kappa shape index (κ3) is 12.1. The quantitative estimate of drug-likeness (QED) is 0.114. The van der Waals surface area contributed by atoms with Crippen LogP contribution in [0.15, 0.2) is 0 Å². The van der Waals surface area contributed by atoms with E-state index in [0.717, 1.165) is 0 Å². The predicted octanol–water partition coefficient (Wildman–Crippen LogP) is -2.38. The first-order chi connectivity index (χ1) is 15.1. The average Bonchev–Trinajstić information content (AvgIpc) is 2.75. The summed E-state index contributed by atoms with van der Waals surface area (Å²) in [7, 11) is 0. The molecule has 0 aromatic rings. The molecule has 0 heterocycles. The second-order valence-corrected chi connectivity index (χ2v) is 8.85. The molecule has 0 aromatic heterocycles. The Balaban J connectivity index is 5.36. The fourth-order valence-electron chi connectivity index (χ4n) is 2.46. The molecule has 0 fully saturated rings. The van der Waals surface area contributed by atoms with Crippen molar-refractivity contribution >= 4 is 53.1 Å². The van der Waals surface area contributed by atoms with Gasteiger partial charge in [0.05, 0.1) is 6.61 Å². The molecule has 12 nitrogen and oxygen atoms in total. The van der Waals surface area contributed by atoms with Gasteiger partial charge in [0, 0.05) is 6.42 Å². The Morgan fingerprint density at radius 1 is 0.812 bits per heavy atom. The largest absolute Gasteiger partial charge is 0.480 e. The molecule has 184 valence electrons. The van der Waals surface area contributed by atoms with Crippen molar-refractivity contribution in [2.75, 3.05) is 30.6 Å². The topological polar surface area (TPSA) is 214 Å². The lowest BCUT2D eigenvalue weighted by Crippen LogP contribution is -2.57. The Kier molecular flexibility index (Phi) is 15.5. The molecule has 0 aliphatic rings. The number of hydrogen-bond donors (Lipinski definition) is 7. The molecule has 0 bridgehead atoms. The summed E-state index contributed by atoms with van der Waals surface area (Å²) in [6.45, 7) is -0.594. The fourth-order valence-corrected chi connectivity index (χ4v) is 3.40. The summed E-state index contributed by atoms with van der Waals surface area (Å²) in [5, 5.41) is 25.7. The first-order valence-corrected chi connectivity index (χ1v) is 12.6. The van der Waals surface area contributed by atoms with Crippen LogP contribution in [0, 0.1) is 0 Å². The molecule has 32 heavy (non-hydrogen) atoms. The van der Waals surface area contributed by atoms with Gasteiger partial charge in [-0.1, -0.05) is 0 Å². The molecule has 0 saturated heterocycles. The molecule has 0 aliphatic heterocycles. The highest BCUT2D eigenvalue weighted by atomic mass is 32.2. The molecule has 4 atom stereocenters. The lowest BCUT2D eigenvalue weighted by atomic mass is 10.1. The van der Waals surface area contributed by atoms with E-state index in [9.17, 15) is 29.1 Å². The predicted molar refractivity (Wildman–Crippen MR) is 123 cm³/mol. The lowest BCUT2D eigenvalue weighted by molar-refractivity contribution is -0.142. The third-order valence-corrected chi connectivity index (χ3v) is 5.60. The van der Waals surface area contributed by atoms with Crippen LogP contribution in [-0.2, 0) is 24.0 Å². The van der Waals surface area contributed by atoms with Gasteiger partial charge < -0.3 is 37.6 Å². The van der Waals surface area contributed by atoms with E-state index in [-0.39, 0.29) is 25.7 Å². The van der Waals surface area contributed by atoms with E-state index in [1.165, 1.54) is 23.5 Å². The maximum Gasteiger partial charge on any atom is 0.326 e. The number of carbonyl (C=O) groups is 5. The zero-order valence-corrected chi connectivity index (χ0v) is 19.8. The highest BCUT2D eigenvalue weighted by molar-refractivity contribution is 7.98. The maximum absolute atomic E-state index is 12.8. The third-order valence-electron chi connectivity index (χ3n) is 4.31. The van der Waals surface area contributed by atoms with Crippen LogP contribution in [-0.4, -0.2) is 94.6 Å². The number of thioether (sulfide) groups is 2. The molecule has 14 heteroatoms. The van der Waals surface area contributed by atoms with Gasteiger partial charge in [-0.15, -0.1) is 0 Å². The van der Waals surface area contributed by atoms with Crippen LogP contribution < -0.4 is 27.4 Å². The average molecular weight is 496 g/mol. The first-order valence-electron chi connectivity index (χ1n) is 9.83. The van der Waals surface area contributed by atoms with Crippen molar-refractivity contribution < 1.29 is 34.2 Å². The summed E-state index contributed by atoms with van der Waals surface area (Å²) >= 11 is 2.88. The Bertz CT molecular complexity index is 653.